The molecule has 0 spiro atoms. The number of nitrogens with one attached hydrogen (secondary N) is 1. The number of nitrogens with zero attached hydrogens (tertiary/aromatic N) is 4. The van der Waals surface area contributed by atoms with E-state index in [1.807, 2.05) is 60.7 Å². The van der Waals surface area contributed by atoms with Gasteiger partial charge < -0.3 is 15.1 Å². The van der Waals surface area contributed by atoms with Crippen LogP contribution in [0, 0.1) is 5.82 Å². The fraction of sp³-hybridized carbons (Fsp3) is 0.276. The van der Waals surface area contributed by atoms with Gasteiger partial charge in [-0.3, -0.25) is 9.59 Å². The molecule has 0 aliphatic carbocycles. The highest BCUT2D eigenvalue weighted by Crippen LogP contribution is 2.34. The summed E-state index contributed by atoms with van der Waals surface area (Å²) < 4.78 is 13.4. The Hall–Kier alpha value is -4.24. The molecule has 8 nitrogen and oxygen atoms in total. The van der Waals surface area contributed by atoms with Crippen molar-refractivity contribution in [3.63, 3.8) is 0 Å². The molecule has 5 rings (SSSR count). The number of hydrogen-bond acceptors (Lipinski definition) is 4. The second-order valence-electron chi connectivity index (χ2n) is 9.56. The van der Waals surface area contributed by atoms with Crippen LogP contribution in [-0.2, 0) is 22.6 Å². The van der Waals surface area contributed by atoms with Crippen LogP contribution in [-0.4, -0.2) is 70.5 Å². The second-order valence-corrected chi connectivity index (χ2v) is 9.56. The molecule has 196 valence electrons. The SMILES string of the molecule is CN1CC(=O)N2[C@@H](c3ccccc3)C(=O)N(CCc3ccc(F)cc3)C[C@@H]2N1C(=O)NCc1ccccc1. The maximum absolute atomic E-state index is 13.8. The Labute approximate surface area is 221 Å². The minimum Gasteiger partial charge on any atom is -0.336 e. The zero-order chi connectivity index (χ0) is 26.6. The van der Waals surface area contributed by atoms with Gasteiger partial charge in [-0.15, -0.1) is 0 Å². The number of urea groups is 1. The van der Waals surface area contributed by atoms with E-state index < -0.39 is 12.2 Å². The lowest BCUT2D eigenvalue weighted by atomic mass is 9.98. The topological polar surface area (TPSA) is 76.2 Å². The molecular weight excluding hydrogens is 485 g/mol. The highest BCUT2D eigenvalue weighted by Gasteiger charge is 2.51. The summed E-state index contributed by atoms with van der Waals surface area (Å²) in [4.78, 5) is 43.9. The first-order chi connectivity index (χ1) is 18.4. The molecule has 2 saturated heterocycles. The van der Waals surface area contributed by atoms with Crippen molar-refractivity contribution in [3.05, 3.63) is 107 Å². The van der Waals surface area contributed by atoms with Crippen LogP contribution >= 0.6 is 0 Å². The average Bonchev–Trinajstić information content (AvgIpc) is 2.93. The molecule has 0 bridgehead atoms. The molecular formula is C29H30FN5O3. The lowest BCUT2D eigenvalue weighted by molar-refractivity contribution is -0.187. The Morgan fingerprint density at radius 1 is 0.921 bits per heavy atom. The van der Waals surface area contributed by atoms with Gasteiger partial charge in [0.05, 0.1) is 13.1 Å². The van der Waals surface area contributed by atoms with Crippen molar-refractivity contribution in [1.82, 2.24) is 25.1 Å². The molecule has 0 aromatic heterocycles. The van der Waals surface area contributed by atoms with Gasteiger partial charge in [-0.25, -0.2) is 19.2 Å². The molecule has 2 aliphatic rings. The number of piperazine rings is 1. The van der Waals surface area contributed by atoms with Crippen LogP contribution in [0.15, 0.2) is 84.9 Å². The Morgan fingerprint density at radius 2 is 1.58 bits per heavy atom. The van der Waals surface area contributed by atoms with Gasteiger partial charge in [0.25, 0.3) is 0 Å². The highest BCUT2D eigenvalue weighted by molar-refractivity contribution is 5.92. The standard InChI is InChI=1S/C29H30FN5O3/c1-32-20-26(36)34-25(35(32)29(38)31-18-22-8-4-2-5-9-22)19-33(17-16-21-12-14-24(30)15-13-21)28(37)27(34)23-10-6-3-7-11-23/h2-15,25,27H,16-20H2,1H3,(H,31,38)/t25-,27-/m0/s1. The van der Waals surface area contributed by atoms with E-state index in [1.54, 1.807) is 34.0 Å². The van der Waals surface area contributed by atoms with E-state index in [4.69, 9.17) is 0 Å². The first kappa shape index (κ1) is 25.4. The van der Waals surface area contributed by atoms with Gasteiger partial charge in [-0.05, 0) is 35.2 Å². The molecule has 2 fully saturated rings. The van der Waals surface area contributed by atoms with Gasteiger partial charge in [0.2, 0.25) is 11.8 Å². The number of rotatable bonds is 6. The molecule has 2 heterocycles. The molecule has 38 heavy (non-hydrogen) atoms. The summed E-state index contributed by atoms with van der Waals surface area (Å²) in [6.07, 6.45) is -0.169. The molecule has 3 aromatic rings. The van der Waals surface area contributed by atoms with Crippen LogP contribution in [0.1, 0.15) is 22.7 Å². The smallest absolute Gasteiger partial charge is 0.334 e. The predicted octanol–water partition coefficient (Wildman–Crippen LogP) is 3.18. The average molecular weight is 516 g/mol. The summed E-state index contributed by atoms with van der Waals surface area (Å²) in [6.45, 7) is 0.842. The van der Waals surface area contributed by atoms with Gasteiger partial charge in [0.1, 0.15) is 18.0 Å². The molecule has 0 radical (unpaired) electrons. The maximum Gasteiger partial charge on any atom is 0.334 e. The van der Waals surface area contributed by atoms with Gasteiger partial charge >= 0.3 is 6.03 Å². The van der Waals surface area contributed by atoms with E-state index in [-0.39, 0.29) is 36.8 Å². The molecule has 3 aromatic carbocycles. The molecule has 2 aliphatic heterocycles. The van der Waals surface area contributed by atoms with Crippen molar-refractivity contribution >= 4 is 17.8 Å². The number of fused-ring (bicyclic) bond motifs is 1. The molecule has 1 N–H and O–H groups in total. The third-order valence-corrected chi connectivity index (χ3v) is 7.02. The monoisotopic (exact) mass is 515 g/mol. The molecule has 4 amide bonds. The van der Waals surface area contributed by atoms with Crippen molar-refractivity contribution in [2.24, 2.45) is 0 Å². The number of carbonyl (C=O) groups excluding carboxylic acids is 3. The van der Waals surface area contributed by atoms with E-state index in [9.17, 15) is 18.8 Å². The zero-order valence-electron chi connectivity index (χ0n) is 21.2. The number of halogens is 1. The van der Waals surface area contributed by atoms with E-state index in [0.717, 1.165) is 11.1 Å². The van der Waals surface area contributed by atoms with Crippen LogP contribution in [0.2, 0.25) is 0 Å². The second kappa shape index (κ2) is 11.0. The van der Waals surface area contributed by atoms with E-state index >= 15 is 0 Å². The first-order valence-electron chi connectivity index (χ1n) is 12.6. The maximum atomic E-state index is 13.8. The fourth-order valence-corrected chi connectivity index (χ4v) is 5.13. The lowest BCUT2D eigenvalue weighted by Crippen LogP contribution is -2.73. The Bertz CT molecular complexity index is 1290. The van der Waals surface area contributed by atoms with E-state index in [2.05, 4.69) is 5.32 Å². The third-order valence-electron chi connectivity index (χ3n) is 7.02. The summed E-state index contributed by atoms with van der Waals surface area (Å²) in [5.41, 5.74) is 2.54. The summed E-state index contributed by atoms with van der Waals surface area (Å²) in [6, 6.07) is 23.8. The minimum absolute atomic E-state index is 0.0263. The van der Waals surface area contributed by atoms with Crippen molar-refractivity contribution in [3.8, 4) is 0 Å². The zero-order valence-corrected chi connectivity index (χ0v) is 21.2. The minimum atomic E-state index is -0.853. The number of hydrogen-bond donors (Lipinski definition) is 1. The summed E-state index contributed by atoms with van der Waals surface area (Å²) in [7, 11) is 1.70. The van der Waals surface area contributed by atoms with E-state index in [0.29, 0.717) is 25.1 Å². The Morgan fingerprint density at radius 3 is 2.26 bits per heavy atom. The van der Waals surface area contributed by atoms with E-state index in [1.165, 1.54) is 17.1 Å². The van der Waals surface area contributed by atoms with Crippen LogP contribution < -0.4 is 5.32 Å². The van der Waals surface area contributed by atoms with Crippen molar-refractivity contribution in [2.75, 3.05) is 26.7 Å². The predicted molar refractivity (Wildman–Crippen MR) is 140 cm³/mol. The summed E-state index contributed by atoms with van der Waals surface area (Å²) in [5.74, 6) is -0.731. The Balaban J connectivity index is 1.43. The summed E-state index contributed by atoms with van der Waals surface area (Å²) in [5, 5.41) is 6.11. The van der Waals surface area contributed by atoms with Crippen molar-refractivity contribution in [1.29, 1.82) is 0 Å². The molecule has 9 heteroatoms. The van der Waals surface area contributed by atoms with Gasteiger partial charge in [0.15, 0.2) is 0 Å². The molecule has 0 saturated carbocycles. The van der Waals surface area contributed by atoms with Crippen molar-refractivity contribution in [2.45, 2.75) is 25.2 Å². The van der Waals surface area contributed by atoms with Gasteiger partial charge in [0, 0.05) is 20.1 Å². The third kappa shape index (κ3) is 5.24. The largest absolute Gasteiger partial charge is 0.336 e. The number of carbonyl (C=O) groups is 3. The van der Waals surface area contributed by atoms with Crippen LogP contribution in [0.3, 0.4) is 0 Å². The fourth-order valence-electron chi connectivity index (χ4n) is 5.13. The normalized spacial score (nSPS) is 19.9. The molecule has 0 unspecified atom stereocenters. The number of hydrazine groups is 1. The van der Waals surface area contributed by atoms with Gasteiger partial charge in [-0.2, -0.15) is 0 Å². The Kier molecular flexibility index (Phi) is 7.37. The quantitative estimate of drug-likeness (QED) is 0.547. The lowest BCUT2D eigenvalue weighted by Gasteiger charge is -2.54. The number of benzene rings is 3. The number of likely N-dealkylation sites (N-methyl/N-ethyl adjacent to an activating group) is 1. The number of amides is 4. The van der Waals surface area contributed by atoms with Gasteiger partial charge in [-0.1, -0.05) is 72.8 Å². The van der Waals surface area contributed by atoms with Crippen molar-refractivity contribution < 1.29 is 18.8 Å². The van der Waals surface area contributed by atoms with Crippen LogP contribution in [0.4, 0.5) is 9.18 Å². The first-order valence-corrected chi connectivity index (χ1v) is 12.6. The molecule has 2 atom stereocenters. The highest BCUT2D eigenvalue weighted by atomic mass is 19.1. The summed E-state index contributed by atoms with van der Waals surface area (Å²) >= 11 is 0. The van der Waals surface area contributed by atoms with Crippen LogP contribution in [0.5, 0.6) is 0 Å². The van der Waals surface area contributed by atoms with Crippen LogP contribution in [0.25, 0.3) is 0 Å².